The molecule has 0 radical (unpaired) electrons. The molecule has 0 atom stereocenters. The topological polar surface area (TPSA) is 46.3 Å². The summed E-state index contributed by atoms with van der Waals surface area (Å²) >= 11 is 0. The molecule has 0 bridgehead atoms. The van der Waals surface area contributed by atoms with Gasteiger partial charge in [-0.3, -0.25) is 0 Å². The van der Waals surface area contributed by atoms with Crippen molar-refractivity contribution < 1.29 is 9.63 Å². The average Bonchev–Trinajstić information content (AvgIpc) is 2.31. The first-order valence-electron chi connectivity index (χ1n) is 3.87. The molecule has 2 rings (SSSR count). The molecular formula is C8H11NO2. The smallest absolute Gasteiger partial charge is 0.134 e. The van der Waals surface area contributed by atoms with Crippen LogP contribution in [0.1, 0.15) is 30.7 Å². The summed E-state index contributed by atoms with van der Waals surface area (Å²) in [5.41, 5.74) is 0.0267. The Balaban J connectivity index is 2.28. The zero-order valence-electron chi connectivity index (χ0n) is 6.50. The van der Waals surface area contributed by atoms with Gasteiger partial charge in [0.1, 0.15) is 17.1 Å². The molecule has 0 aliphatic heterocycles. The number of nitrogens with zero attached hydrogens (tertiary/aromatic N) is 1. The molecule has 0 spiro atoms. The summed E-state index contributed by atoms with van der Waals surface area (Å²) < 4.78 is 4.88. The van der Waals surface area contributed by atoms with Crippen LogP contribution in [-0.2, 0) is 5.60 Å². The maximum Gasteiger partial charge on any atom is 0.134 e. The quantitative estimate of drug-likeness (QED) is 0.662. The van der Waals surface area contributed by atoms with E-state index in [1.807, 2.05) is 6.92 Å². The van der Waals surface area contributed by atoms with Crippen molar-refractivity contribution in [1.82, 2.24) is 5.16 Å². The van der Waals surface area contributed by atoms with Gasteiger partial charge in [0.2, 0.25) is 0 Å². The highest BCUT2D eigenvalue weighted by molar-refractivity contribution is 5.15. The zero-order chi connectivity index (χ0) is 7.90. The molecule has 1 heterocycles. The minimum absolute atomic E-state index is 0.669. The largest absolute Gasteiger partial charge is 0.383 e. The summed E-state index contributed by atoms with van der Waals surface area (Å²) in [7, 11) is 0. The van der Waals surface area contributed by atoms with Gasteiger partial charge in [-0.15, -0.1) is 0 Å². The molecule has 0 aromatic carbocycles. The van der Waals surface area contributed by atoms with Crippen LogP contribution >= 0.6 is 0 Å². The van der Waals surface area contributed by atoms with Crippen molar-refractivity contribution in [2.45, 2.75) is 31.8 Å². The molecule has 0 unspecified atom stereocenters. The van der Waals surface area contributed by atoms with Crippen LogP contribution in [0.15, 0.2) is 10.6 Å². The lowest BCUT2D eigenvalue weighted by Crippen LogP contribution is -2.33. The number of aliphatic hydroxyl groups is 1. The van der Waals surface area contributed by atoms with Gasteiger partial charge in [0.05, 0.1) is 0 Å². The van der Waals surface area contributed by atoms with Gasteiger partial charge in [-0.2, -0.15) is 0 Å². The minimum atomic E-state index is -0.669. The fourth-order valence-corrected chi connectivity index (χ4v) is 1.35. The molecule has 1 saturated carbocycles. The summed E-state index contributed by atoms with van der Waals surface area (Å²) in [6.45, 7) is 1.83. The molecular weight excluding hydrogens is 142 g/mol. The van der Waals surface area contributed by atoms with Crippen LogP contribution in [0.3, 0.4) is 0 Å². The number of aromatic nitrogens is 1. The zero-order valence-corrected chi connectivity index (χ0v) is 6.50. The van der Waals surface area contributed by atoms with Crippen molar-refractivity contribution in [2.24, 2.45) is 0 Å². The summed E-state index contributed by atoms with van der Waals surface area (Å²) in [4.78, 5) is 0. The molecule has 3 nitrogen and oxygen atoms in total. The van der Waals surface area contributed by atoms with E-state index < -0.39 is 5.60 Å². The Kier molecular flexibility index (Phi) is 1.29. The Morgan fingerprint density at radius 2 is 2.36 bits per heavy atom. The van der Waals surface area contributed by atoms with Crippen molar-refractivity contribution in [2.75, 3.05) is 0 Å². The van der Waals surface area contributed by atoms with E-state index in [-0.39, 0.29) is 0 Å². The standard InChI is InChI=1S/C8H11NO2/c1-6-5-7(9-11-6)8(10)3-2-4-8/h5,10H,2-4H2,1H3. The predicted octanol–water partition coefficient (Wildman–Crippen LogP) is 1.35. The average molecular weight is 153 g/mol. The van der Waals surface area contributed by atoms with Crippen molar-refractivity contribution >= 4 is 0 Å². The molecule has 1 fully saturated rings. The van der Waals surface area contributed by atoms with Crippen LogP contribution in [0.5, 0.6) is 0 Å². The van der Waals surface area contributed by atoms with Crippen molar-refractivity contribution in [3.8, 4) is 0 Å². The molecule has 60 valence electrons. The highest BCUT2D eigenvalue weighted by Gasteiger charge is 2.38. The molecule has 1 aliphatic rings. The summed E-state index contributed by atoms with van der Waals surface area (Å²) in [6, 6.07) is 1.80. The second kappa shape index (κ2) is 2.08. The van der Waals surface area contributed by atoms with Crippen molar-refractivity contribution in [1.29, 1.82) is 0 Å². The van der Waals surface area contributed by atoms with Gasteiger partial charge in [-0.25, -0.2) is 0 Å². The molecule has 0 saturated heterocycles. The first kappa shape index (κ1) is 6.85. The first-order chi connectivity index (χ1) is 5.21. The van der Waals surface area contributed by atoms with Gasteiger partial charge in [0, 0.05) is 6.07 Å². The second-order valence-corrected chi connectivity index (χ2v) is 3.21. The van der Waals surface area contributed by atoms with E-state index in [1.54, 1.807) is 6.07 Å². The molecule has 1 aromatic heterocycles. The van der Waals surface area contributed by atoms with E-state index in [4.69, 9.17) is 4.52 Å². The molecule has 1 aliphatic carbocycles. The minimum Gasteiger partial charge on any atom is -0.383 e. The Hall–Kier alpha value is -0.830. The maximum atomic E-state index is 9.77. The molecule has 1 N–H and O–H groups in total. The van der Waals surface area contributed by atoms with E-state index in [9.17, 15) is 5.11 Å². The number of rotatable bonds is 1. The van der Waals surface area contributed by atoms with E-state index in [0.29, 0.717) is 5.69 Å². The number of hydrogen-bond acceptors (Lipinski definition) is 3. The van der Waals surface area contributed by atoms with Gasteiger partial charge in [-0.05, 0) is 26.2 Å². The third kappa shape index (κ3) is 0.959. The van der Waals surface area contributed by atoms with Crippen molar-refractivity contribution in [3.63, 3.8) is 0 Å². The highest BCUT2D eigenvalue weighted by Crippen LogP contribution is 2.40. The van der Waals surface area contributed by atoms with Crippen LogP contribution in [0, 0.1) is 6.92 Å². The normalized spacial score (nSPS) is 21.3. The van der Waals surface area contributed by atoms with Gasteiger partial charge in [0.15, 0.2) is 0 Å². The van der Waals surface area contributed by atoms with Crippen LogP contribution in [0.25, 0.3) is 0 Å². The first-order valence-corrected chi connectivity index (χ1v) is 3.87. The predicted molar refractivity (Wildman–Crippen MR) is 39.0 cm³/mol. The molecule has 1 aromatic rings. The lowest BCUT2D eigenvalue weighted by Gasteiger charge is -2.34. The SMILES string of the molecule is Cc1cc(C2(O)CCC2)no1. The van der Waals surface area contributed by atoms with Crippen LogP contribution in [0.2, 0.25) is 0 Å². The maximum absolute atomic E-state index is 9.77. The Morgan fingerprint density at radius 1 is 1.64 bits per heavy atom. The van der Waals surface area contributed by atoms with E-state index in [1.165, 1.54) is 0 Å². The Morgan fingerprint density at radius 3 is 2.73 bits per heavy atom. The third-order valence-electron chi connectivity index (χ3n) is 2.29. The Labute approximate surface area is 65.0 Å². The lowest BCUT2D eigenvalue weighted by atomic mass is 9.78. The van der Waals surface area contributed by atoms with Gasteiger partial charge >= 0.3 is 0 Å². The molecule has 11 heavy (non-hydrogen) atoms. The van der Waals surface area contributed by atoms with E-state index in [2.05, 4.69) is 5.16 Å². The fourth-order valence-electron chi connectivity index (χ4n) is 1.35. The number of hydrogen-bond donors (Lipinski definition) is 1. The third-order valence-corrected chi connectivity index (χ3v) is 2.29. The van der Waals surface area contributed by atoms with Crippen LogP contribution in [-0.4, -0.2) is 10.3 Å². The Bertz CT molecular complexity index is 263. The monoisotopic (exact) mass is 153 g/mol. The van der Waals surface area contributed by atoms with Gasteiger partial charge in [0.25, 0.3) is 0 Å². The van der Waals surface area contributed by atoms with Crippen molar-refractivity contribution in [3.05, 3.63) is 17.5 Å². The fraction of sp³-hybridized carbons (Fsp3) is 0.625. The van der Waals surface area contributed by atoms with Gasteiger partial charge < -0.3 is 9.63 Å². The highest BCUT2D eigenvalue weighted by atomic mass is 16.5. The van der Waals surface area contributed by atoms with E-state index >= 15 is 0 Å². The van der Waals surface area contributed by atoms with Gasteiger partial charge in [-0.1, -0.05) is 5.16 Å². The van der Waals surface area contributed by atoms with E-state index in [0.717, 1.165) is 25.0 Å². The number of aryl methyl sites for hydroxylation is 1. The van der Waals surface area contributed by atoms with Crippen LogP contribution < -0.4 is 0 Å². The van der Waals surface area contributed by atoms with Crippen LogP contribution in [0.4, 0.5) is 0 Å². The summed E-state index contributed by atoms with van der Waals surface area (Å²) in [5.74, 6) is 0.764. The molecule has 0 amide bonds. The second-order valence-electron chi connectivity index (χ2n) is 3.21. The molecule has 3 heteroatoms. The lowest BCUT2D eigenvalue weighted by molar-refractivity contribution is -0.0447. The summed E-state index contributed by atoms with van der Waals surface area (Å²) in [6.07, 6.45) is 2.72. The summed E-state index contributed by atoms with van der Waals surface area (Å²) in [5, 5.41) is 13.6.